The number of benzene rings is 1. The quantitative estimate of drug-likeness (QED) is 0.616. The van der Waals surface area contributed by atoms with E-state index in [1.54, 1.807) is 25.1 Å². The Kier molecular flexibility index (Phi) is 5.32. The van der Waals surface area contributed by atoms with Crippen LogP contribution in [-0.4, -0.2) is 33.2 Å². The molecule has 0 aliphatic rings. The molecule has 0 N–H and O–H groups in total. The van der Waals surface area contributed by atoms with Crippen molar-refractivity contribution in [3.05, 3.63) is 64.4 Å². The van der Waals surface area contributed by atoms with Gasteiger partial charge in [-0.1, -0.05) is 12.1 Å². The van der Waals surface area contributed by atoms with E-state index in [2.05, 4.69) is 4.98 Å². The minimum absolute atomic E-state index is 0.0562. The number of amides is 1. The van der Waals surface area contributed by atoms with Gasteiger partial charge in [0, 0.05) is 37.1 Å². The summed E-state index contributed by atoms with van der Waals surface area (Å²) in [5.74, 6) is 0.866. The first-order valence-electron chi connectivity index (χ1n) is 8.45. The SMILES string of the molecule is CCn1ccnc1CN(C)C(=O)c1ccc(-c2ccsc2C(C)=O)cc1. The van der Waals surface area contributed by atoms with Gasteiger partial charge in [0.2, 0.25) is 0 Å². The minimum atomic E-state index is -0.0562. The van der Waals surface area contributed by atoms with Crippen LogP contribution in [0.5, 0.6) is 0 Å². The van der Waals surface area contributed by atoms with Crippen molar-refractivity contribution in [1.82, 2.24) is 14.5 Å². The molecule has 0 atom stereocenters. The maximum absolute atomic E-state index is 12.7. The van der Waals surface area contributed by atoms with Gasteiger partial charge in [-0.25, -0.2) is 4.98 Å². The van der Waals surface area contributed by atoms with E-state index in [1.165, 1.54) is 11.3 Å². The molecule has 0 radical (unpaired) electrons. The Bertz CT molecular complexity index is 925. The van der Waals surface area contributed by atoms with Gasteiger partial charge in [0.25, 0.3) is 5.91 Å². The summed E-state index contributed by atoms with van der Waals surface area (Å²) in [6, 6.07) is 9.34. The van der Waals surface area contributed by atoms with E-state index < -0.39 is 0 Å². The molecule has 3 rings (SSSR count). The lowest BCUT2D eigenvalue weighted by Gasteiger charge is -2.17. The summed E-state index contributed by atoms with van der Waals surface area (Å²) in [6.45, 7) is 4.90. The fraction of sp³-hybridized carbons (Fsp3) is 0.250. The molecule has 5 nitrogen and oxygen atoms in total. The lowest BCUT2D eigenvalue weighted by atomic mass is 10.0. The maximum atomic E-state index is 12.7. The highest BCUT2D eigenvalue weighted by Gasteiger charge is 2.16. The monoisotopic (exact) mass is 367 g/mol. The lowest BCUT2D eigenvalue weighted by Crippen LogP contribution is -2.27. The number of carbonyl (C=O) groups is 2. The van der Waals surface area contributed by atoms with Gasteiger partial charge in [0.1, 0.15) is 5.82 Å². The molecule has 0 aliphatic carbocycles. The Morgan fingerprint density at radius 1 is 1.19 bits per heavy atom. The largest absolute Gasteiger partial charge is 0.334 e. The van der Waals surface area contributed by atoms with E-state index in [0.29, 0.717) is 12.1 Å². The van der Waals surface area contributed by atoms with Gasteiger partial charge in [-0.15, -0.1) is 11.3 Å². The molecular formula is C20H21N3O2S. The average molecular weight is 367 g/mol. The Labute approximate surface area is 156 Å². The van der Waals surface area contributed by atoms with Crippen LogP contribution in [0.4, 0.5) is 0 Å². The third kappa shape index (κ3) is 3.60. The van der Waals surface area contributed by atoms with Crippen LogP contribution in [0.15, 0.2) is 48.1 Å². The van der Waals surface area contributed by atoms with Gasteiger partial charge in [-0.2, -0.15) is 0 Å². The van der Waals surface area contributed by atoms with E-state index in [9.17, 15) is 9.59 Å². The number of carbonyl (C=O) groups excluding carboxylic acids is 2. The normalized spacial score (nSPS) is 10.7. The predicted molar refractivity (Wildman–Crippen MR) is 103 cm³/mol. The number of thiophene rings is 1. The second-order valence-corrected chi connectivity index (χ2v) is 7.00. The summed E-state index contributed by atoms with van der Waals surface area (Å²) in [7, 11) is 1.78. The topological polar surface area (TPSA) is 55.2 Å². The Balaban J connectivity index is 1.76. The van der Waals surface area contributed by atoms with Crippen LogP contribution >= 0.6 is 11.3 Å². The molecule has 0 aliphatic heterocycles. The number of nitrogens with zero attached hydrogens (tertiary/aromatic N) is 3. The van der Waals surface area contributed by atoms with Gasteiger partial charge in [-0.3, -0.25) is 9.59 Å². The first kappa shape index (κ1) is 18.1. The van der Waals surface area contributed by atoms with Crippen LogP contribution in [0.25, 0.3) is 11.1 Å². The first-order chi connectivity index (χ1) is 12.5. The van der Waals surface area contributed by atoms with E-state index in [4.69, 9.17) is 0 Å². The predicted octanol–water partition coefficient (Wildman–Crippen LogP) is 4.11. The third-order valence-electron chi connectivity index (χ3n) is 4.30. The molecule has 0 spiro atoms. The fourth-order valence-corrected chi connectivity index (χ4v) is 3.70. The van der Waals surface area contributed by atoms with Gasteiger partial charge in [-0.05, 0) is 43.0 Å². The summed E-state index contributed by atoms with van der Waals surface area (Å²) >= 11 is 1.44. The number of hydrogen-bond donors (Lipinski definition) is 0. The molecule has 6 heteroatoms. The molecule has 0 unspecified atom stereocenters. The zero-order chi connectivity index (χ0) is 18.7. The van der Waals surface area contributed by atoms with Crippen molar-refractivity contribution in [3.63, 3.8) is 0 Å². The van der Waals surface area contributed by atoms with Crippen LogP contribution in [-0.2, 0) is 13.1 Å². The lowest BCUT2D eigenvalue weighted by molar-refractivity contribution is 0.0780. The van der Waals surface area contributed by atoms with Gasteiger partial charge in [0.15, 0.2) is 5.78 Å². The zero-order valence-corrected chi connectivity index (χ0v) is 15.9. The van der Waals surface area contributed by atoms with Crippen molar-refractivity contribution in [3.8, 4) is 11.1 Å². The Morgan fingerprint density at radius 2 is 1.92 bits per heavy atom. The van der Waals surface area contributed by atoms with Crippen molar-refractivity contribution >= 4 is 23.0 Å². The number of imidazole rings is 1. The molecule has 0 bridgehead atoms. The maximum Gasteiger partial charge on any atom is 0.254 e. The summed E-state index contributed by atoms with van der Waals surface area (Å²) in [5.41, 5.74) is 2.47. The summed E-state index contributed by atoms with van der Waals surface area (Å²) in [6.07, 6.45) is 3.66. The van der Waals surface area contributed by atoms with Crippen LogP contribution in [0, 0.1) is 0 Å². The van der Waals surface area contributed by atoms with E-state index in [-0.39, 0.29) is 11.7 Å². The van der Waals surface area contributed by atoms with Crippen molar-refractivity contribution in [2.75, 3.05) is 7.05 Å². The Morgan fingerprint density at radius 3 is 2.58 bits per heavy atom. The van der Waals surface area contributed by atoms with Crippen LogP contribution in [0.1, 0.15) is 39.7 Å². The van der Waals surface area contributed by atoms with Crippen LogP contribution < -0.4 is 0 Å². The van der Waals surface area contributed by atoms with Gasteiger partial charge >= 0.3 is 0 Å². The molecule has 2 aromatic heterocycles. The van der Waals surface area contributed by atoms with E-state index >= 15 is 0 Å². The molecular weight excluding hydrogens is 346 g/mol. The Hall–Kier alpha value is -2.73. The van der Waals surface area contributed by atoms with Crippen molar-refractivity contribution in [2.24, 2.45) is 0 Å². The third-order valence-corrected chi connectivity index (χ3v) is 5.31. The van der Waals surface area contributed by atoms with E-state index in [1.807, 2.05) is 53.4 Å². The molecule has 0 saturated carbocycles. The van der Waals surface area contributed by atoms with Crippen molar-refractivity contribution in [1.29, 1.82) is 0 Å². The molecule has 134 valence electrons. The molecule has 2 heterocycles. The number of hydrogen-bond acceptors (Lipinski definition) is 4. The second kappa shape index (κ2) is 7.66. The second-order valence-electron chi connectivity index (χ2n) is 6.09. The molecule has 26 heavy (non-hydrogen) atoms. The molecule has 0 fully saturated rings. The molecule has 3 aromatic rings. The van der Waals surface area contributed by atoms with Crippen LogP contribution in [0.2, 0.25) is 0 Å². The first-order valence-corrected chi connectivity index (χ1v) is 9.33. The summed E-state index contributed by atoms with van der Waals surface area (Å²) in [4.78, 5) is 31.1. The van der Waals surface area contributed by atoms with Crippen LogP contribution in [0.3, 0.4) is 0 Å². The summed E-state index contributed by atoms with van der Waals surface area (Å²) < 4.78 is 2.02. The number of rotatable bonds is 6. The van der Waals surface area contributed by atoms with Gasteiger partial charge < -0.3 is 9.47 Å². The molecule has 0 saturated heterocycles. The number of aryl methyl sites for hydroxylation is 1. The standard InChI is InChI=1S/C20H21N3O2S/c1-4-23-11-10-21-18(23)13-22(3)20(25)16-7-5-15(6-8-16)17-9-12-26-19(17)14(2)24/h5-12H,4,13H2,1-3H3. The highest BCUT2D eigenvalue weighted by atomic mass is 32.1. The highest BCUT2D eigenvalue weighted by molar-refractivity contribution is 7.12. The summed E-state index contributed by atoms with van der Waals surface area (Å²) in [5, 5.41) is 1.91. The number of ketones is 1. The average Bonchev–Trinajstić information content (AvgIpc) is 3.30. The minimum Gasteiger partial charge on any atom is -0.334 e. The highest BCUT2D eigenvalue weighted by Crippen LogP contribution is 2.29. The van der Waals surface area contributed by atoms with Crippen molar-refractivity contribution < 1.29 is 9.59 Å². The molecule has 1 amide bonds. The fourth-order valence-electron chi connectivity index (χ4n) is 2.89. The van der Waals surface area contributed by atoms with E-state index in [0.717, 1.165) is 28.4 Å². The van der Waals surface area contributed by atoms with Gasteiger partial charge in [0.05, 0.1) is 11.4 Å². The number of aromatic nitrogens is 2. The van der Waals surface area contributed by atoms with Crippen molar-refractivity contribution in [2.45, 2.75) is 26.9 Å². The number of Topliss-reactive ketones (excluding diaryl/α,β-unsaturated/α-hetero) is 1. The molecule has 1 aromatic carbocycles. The zero-order valence-electron chi connectivity index (χ0n) is 15.1. The smallest absolute Gasteiger partial charge is 0.254 e.